The smallest absolute Gasteiger partial charge is 0.315 e. The molecule has 2 aromatic rings. The average molecular weight is 398 g/mol. The van der Waals surface area contributed by atoms with Crippen LogP contribution >= 0.6 is 12.4 Å². The van der Waals surface area contributed by atoms with Crippen molar-refractivity contribution in [2.24, 2.45) is 11.7 Å². The van der Waals surface area contributed by atoms with Crippen molar-refractivity contribution in [1.82, 2.24) is 20.8 Å². The Morgan fingerprint density at radius 3 is 2.56 bits per heavy atom. The molecule has 0 aliphatic heterocycles. The lowest BCUT2D eigenvalue weighted by molar-refractivity contribution is 0.220. The summed E-state index contributed by atoms with van der Waals surface area (Å²) in [7, 11) is 0. The van der Waals surface area contributed by atoms with Crippen molar-refractivity contribution in [3.63, 3.8) is 0 Å². The number of amides is 2. The van der Waals surface area contributed by atoms with Crippen LogP contribution in [0.1, 0.15) is 56.4 Å². The quantitative estimate of drug-likeness (QED) is 0.694. The molecule has 148 valence electrons. The summed E-state index contributed by atoms with van der Waals surface area (Å²) in [6.07, 6.45) is 2.73. The molecule has 4 N–H and O–H groups in total. The van der Waals surface area contributed by atoms with Gasteiger partial charge >= 0.3 is 6.03 Å². The number of carbonyl (C=O) groups excluding carboxylic acids is 1. The van der Waals surface area contributed by atoms with E-state index in [4.69, 9.17) is 10.3 Å². The van der Waals surface area contributed by atoms with E-state index in [2.05, 4.69) is 20.8 Å². The highest BCUT2D eigenvalue weighted by molar-refractivity contribution is 5.85. The van der Waals surface area contributed by atoms with Crippen molar-refractivity contribution in [2.45, 2.75) is 51.2 Å². The predicted molar refractivity (Wildman–Crippen MR) is 101 cm³/mol. The Balaban J connectivity index is 0.00000261. The van der Waals surface area contributed by atoms with Gasteiger partial charge in [-0.15, -0.1) is 12.4 Å². The molecule has 2 amide bonds. The van der Waals surface area contributed by atoms with Gasteiger partial charge in [-0.1, -0.05) is 31.1 Å². The van der Waals surface area contributed by atoms with Crippen molar-refractivity contribution in [2.75, 3.05) is 0 Å². The number of halogens is 2. The Labute approximate surface area is 163 Å². The average Bonchev–Trinajstić information content (AvgIpc) is 3.06. The second-order valence-corrected chi connectivity index (χ2v) is 7.14. The topological polar surface area (TPSA) is 106 Å². The number of nitrogens with two attached hydrogens (primary N) is 1. The molecule has 0 bridgehead atoms. The minimum atomic E-state index is -0.506. The highest BCUT2D eigenvalue weighted by atomic mass is 35.5. The number of hydrogen-bond acceptors (Lipinski definition) is 5. The standard InChI is InChI=1S/C18H24FN5O2.ClH/c1-11(2)14(15-23-16(24-26-15)18(20)8-3-9-18)22-17(25)21-10-12-4-6-13(19)7-5-12;/h4-7,11,14H,3,8-10,20H2,1-2H3,(H2,21,22,25);1H. The SMILES string of the molecule is CC(C)C(NC(=O)NCc1ccc(F)cc1)c1nc(C2(N)CCC2)no1.Cl. The fourth-order valence-electron chi connectivity index (χ4n) is 2.84. The second kappa shape index (κ2) is 8.67. The number of hydrogen-bond donors (Lipinski definition) is 3. The molecular formula is C18H25ClFN5O2. The minimum absolute atomic E-state index is 0. The van der Waals surface area contributed by atoms with Crippen molar-refractivity contribution >= 4 is 18.4 Å². The molecule has 1 fully saturated rings. The number of rotatable bonds is 6. The minimum Gasteiger partial charge on any atom is -0.337 e. The van der Waals surface area contributed by atoms with E-state index < -0.39 is 11.6 Å². The third-order valence-electron chi connectivity index (χ3n) is 4.72. The monoisotopic (exact) mass is 397 g/mol. The summed E-state index contributed by atoms with van der Waals surface area (Å²) in [5, 5.41) is 9.60. The molecular weight excluding hydrogens is 373 g/mol. The van der Waals surface area contributed by atoms with Gasteiger partial charge in [0.25, 0.3) is 0 Å². The second-order valence-electron chi connectivity index (χ2n) is 7.14. The summed E-state index contributed by atoms with van der Waals surface area (Å²) in [5.74, 6) is 0.589. The van der Waals surface area contributed by atoms with Gasteiger partial charge in [0, 0.05) is 6.54 Å². The van der Waals surface area contributed by atoms with E-state index in [1.54, 1.807) is 12.1 Å². The number of benzene rings is 1. The van der Waals surface area contributed by atoms with Gasteiger partial charge in [-0.25, -0.2) is 9.18 Å². The van der Waals surface area contributed by atoms with Crippen LogP contribution in [-0.2, 0) is 12.1 Å². The van der Waals surface area contributed by atoms with Crippen LogP contribution in [0.25, 0.3) is 0 Å². The molecule has 27 heavy (non-hydrogen) atoms. The molecule has 1 aliphatic rings. The van der Waals surface area contributed by atoms with E-state index in [0.29, 0.717) is 11.7 Å². The largest absolute Gasteiger partial charge is 0.337 e. The van der Waals surface area contributed by atoms with E-state index in [1.165, 1.54) is 12.1 Å². The summed E-state index contributed by atoms with van der Waals surface area (Å²) < 4.78 is 18.3. The molecule has 1 heterocycles. The van der Waals surface area contributed by atoms with Crippen molar-refractivity contribution in [3.8, 4) is 0 Å². The van der Waals surface area contributed by atoms with Gasteiger partial charge in [0.1, 0.15) is 11.9 Å². The van der Waals surface area contributed by atoms with Crippen LogP contribution in [0.5, 0.6) is 0 Å². The Hall–Kier alpha value is -2.19. The predicted octanol–water partition coefficient (Wildman–Crippen LogP) is 3.16. The van der Waals surface area contributed by atoms with E-state index >= 15 is 0 Å². The highest BCUT2D eigenvalue weighted by Gasteiger charge is 2.39. The molecule has 3 rings (SSSR count). The van der Waals surface area contributed by atoms with E-state index in [-0.39, 0.29) is 36.7 Å². The van der Waals surface area contributed by atoms with Crippen LogP contribution in [0, 0.1) is 11.7 Å². The van der Waals surface area contributed by atoms with Gasteiger partial charge in [0.05, 0.1) is 5.54 Å². The number of urea groups is 1. The van der Waals surface area contributed by atoms with Crippen LogP contribution in [0.3, 0.4) is 0 Å². The molecule has 1 aromatic heterocycles. The summed E-state index contributed by atoms with van der Waals surface area (Å²) in [4.78, 5) is 16.7. The zero-order chi connectivity index (χ0) is 18.7. The van der Waals surface area contributed by atoms with Gasteiger partial charge in [-0.3, -0.25) is 0 Å². The molecule has 0 spiro atoms. The van der Waals surface area contributed by atoms with Crippen molar-refractivity contribution in [1.29, 1.82) is 0 Å². The lowest BCUT2D eigenvalue weighted by Crippen LogP contribution is -2.44. The summed E-state index contributed by atoms with van der Waals surface area (Å²) in [6.45, 7) is 4.20. The van der Waals surface area contributed by atoms with Crippen molar-refractivity contribution in [3.05, 3.63) is 47.4 Å². The Bertz CT molecular complexity index is 761. The molecule has 0 radical (unpaired) electrons. The molecule has 1 saturated carbocycles. The van der Waals surface area contributed by atoms with Crippen LogP contribution in [-0.4, -0.2) is 16.2 Å². The number of nitrogens with zero attached hydrogens (tertiary/aromatic N) is 2. The van der Waals surface area contributed by atoms with E-state index in [0.717, 1.165) is 24.8 Å². The first-order valence-corrected chi connectivity index (χ1v) is 8.79. The number of aromatic nitrogens is 2. The summed E-state index contributed by atoms with van der Waals surface area (Å²) >= 11 is 0. The molecule has 1 unspecified atom stereocenters. The van der Waals surface area contributed by atoms with Crippen LogP contribution in [0.2, 0.25) is 0 Å². The van der Waals surface area contributed by atoms with E-state index in [9.17, 15) is 9.18 Å². The fraction of sp³-hybridized carbons (Fsp3) is 0.500. The Kier molecular flexibility index (Phi) is 6.78. The fourth-order valence-corrected chi connectivity index (χ4v) is 2.84. The first kappa shape index (κ1) is 21.1. The third kappa shape index (κ3) is 4.95. The highest BCUT2D eigenvalue weighted by Crippen LogP contribution is 2.37. The summed E-state index contributed by atoms with van der Waals surface area (Å²) in [5.41, 5.74) is 6.52. The first-order chi connectivity index (χ1) is 12.4. The van der Waals surface area contributed by atoms with Crippen LogP contribution < -0.4 is 16.4 Å². The molecule has 1 aliphatic carbocycles. The number of carbonyl (C=O) groups is 1. The lowest BCUT2D eigenvalue weighted by atomic mass is 9.77. The van der Waals surface area contributed by atoms with Crippen LogP contribution in [0.4, 0.5) is 9.18 Å². The maximum atomic E-state index is 12.9. The van der Waals surface area contributed by atoms with Gasteiger partial charge in [0.15, 0.2) is 5.82 Å². The van der Waals surface area contributed by atoms with Gasteiger partial charge in [-0.05, 0) is 42.9 Å². The lowest BCUT2D eigenvalue weighted by Gasteiger charge is -2.34. The van der Waals surface area contributed by atoms with E-state index in [1.807, 2.05) is 13.8 Å². The molecule has 7 nitrogen and oxygen atoms in total. The van der Waals surface area contributed by atoms with Gasteiger partial charge in [-0.2, -0.15) is 4.98 Å². The zero-order valence-electron chi connectivity index (χ0n) is 15.4. The summed E-state index contributed by atoms with van der Waals surface area (Å²) in [6, 6.07) is 5.18. The Morgan fingerprint density at radius 2 is 2.00 bits per heavy atom. The maximum absolute atomic E-state index is 12.9. The first-order valence-electron chi connectivity index (χ1n) is 8.79. The van der Waals surface area contributed by atoms with Crippen molar-refractivity contribution < 1.29 is 13.7 Å². The molecule has 9 heteroatoms. The number of nitrogens with one attached hydrogen (secondary N) is 2. The molecule has 1 aromatic carbocycles. The maximum Gasteiger partial charge on any atom is 0.315 e. The normalized spacial score (nSPS) is 16.2. The molecule has 1 atom stereocenters. The third-order valence-corrected chi connectivity index (χ3v) is 4.72. The zero-order valence-corrected chi connectivity index (χ0v) is 16.2. The van der Waals surface area contributed by atoms with Crippen LogP contribution in [0.15, 0.2) is 28.8 Å². The van der Waals surface area contributed by atoms with Gasteiger partial charge < -0.3 is 20.9 Å². The van der Waals surface area contributed by atoms with Gasteiger partial charge in [0.2, 0.25) is 5.89 Å². The molecule has 0 saturated heterocycles. The Morgan fingerprint density at radius 1 is 1.33 bits per heavy atom.